The topological polar surface area (TPSA) is 80.1 Å². The molecule has 4 aromatic rings. The maximum atomic E-state index is 13.4. The second-order valence-electron chi connectivity index (χ2n) is 8.54. The van der Waals surface area contributed by atoms with Crippen molar-refractivity contribution in [2.75, 3.05) is 17.2 Å². The van der Waals surface area contributed by atoms with Crippen LogP contribution in [0, 0.1) is 0 Å². The van der Waals surface area contributed by atoms with Crippen LogP contribution in [0.25, 0.3) is 5.69 Å². The number of nitrogens with one attached hydrogen (secondary N) is 1. The Morgan fingerprint density at radius 1 is 0.947 bits per heavy atom. The van der Waals surface area contributed by atoms with Crippen LogP contribution < -0.4 is 10.2 Å². The molecule has 2 amide bonds. The van der Waals surface area contributed by atoms with E-state index in [0.717, 1.165) is 41.6 Å². The predicted molar refractivity (Wildman–Crippen MR) is 137 cm³/mol. The first-order valence-corrected chi connectivity index (χ1v) is 12.8. The lowest BCUT2D eigenvalue weighted by atomic mass is 10.2. The summed E-state index contributed by atoms with van der Waals surface area (Å²) in [6.45, 7) is 0.487. The van der Waals surface area contributed by atoms with E-state index in [1.165, 1.54) is 16.7 Å². The van der Waals surface area contributed by atoms with Gasteiger partial charge in [-0.15, -0.1) is 10.2 Å². The number of carbonyl (C=O) groups is 2. The molecule has 3 aromatic carbocycles. The van der Waals surface area contributed by atoms with Gasteiger partial charge in [-0.1, -0.05) is 54.2 Å². The third-order valence-electron chi connectivity index (χ3n) is 6.09. The standard InChI is InChI=1S/C27H22F3N5O2S/c28-27(29,30)20-10-6-11-21(15-20)35-23(16-31-25(37)19-8-2-1-3-9-19)32-33-26(35)38-17-24(36)34-14-13-18-7-4-5-12-22(18)34/h1-12,15H,13-14,16-17H2,(H,31,37). The molecule has 5 rings (SSSR count). The van der Waals surface area contributed by atoms with E-state index in [1.807, 2.05) is 24.3 Å². The van der Waals surface area contributed by atoms with E-state index in [2.05, 4.69) is 15.5 Å². The van der Waals surface area contributed by atoms with Crippen molar-refractivity contribution in [3.05, 3.63) is 101 Å². The van der Waals surface area contributed by atoms with E-state index in [1.54, 1.807) is 35.2 Å². The lowest BCUT2D eigenvalue weighted by Gasteiger charge is -2.17. The molecule has 0 unspecified atom stereocenters. The summed E-state index contributed by atoms with van der Waals surface area (Å²) in [5.41, 5.74) is 1.74. The number of rotatable bonds is 7. The molecule has 194 valence electrons. The van der Waals surface area contributed by atoms with Gasteiger partial charge >= 0.3 is 6.18 Å². The van der Waals surface area contributed by atoms with E-state index in [0.29, 0.717) is 12.1 Å². The third kappa shape index (κ3) is 5.42. The van der Waals surface area contributed by atoms with E-state index >= 15 is 0 Å². The van der Waals surface area contributed by atoms with Gasteiger partial charge in [0.1, 0.15) is 0 Å². The second-order valence-corrected chi connectivity index (χ2v) is 9.49. The van der Waals surface area contributed by atoms with Gasteiger partial charge in [0.2, 0.25) is 5.91 Å². The van der Waals surface area contributed by atoms with Crippen molar-refractivity contribution in [1.82, 2.24) is 20.1 Å². The van der Waals surface area contributed by atoms with E-state index in [4.69, 9.17) is 0 Å². The molecule has 0 spiro atoms. The summed E-state index contributed by atoms with van der Waals surface area (Å²) in [5, 5.41) is 11.3. The molecule has 38 heavy (non-hydrogen) atoms. The Labute approximate surface area is 220 Å². The van der Waals surface area contributed by atoms with Gasteiger partial charge in [0.15, 0.2) is 11.0 Å². The first kappa shape index (κ1) is 25.5. The van der Waals surface area contributed by atoms with Gasteiger partial charge in [-0.2, -0.15) is 13.2 Å². The minimum Gasteiger partial charge on any atom is -0.345 e. The number of hydrogen-bond donors (Lipinski definition) is 1. The molecule has 2 heterocycles. The molecule has 1 aromatic heterocycles. The van der Waals surface area contributed by atoms with Gasteiger partial charge in [0, 0.05) is 17.8 Å². The number of carbonyl (C=O) groups excluding carboxylic acids is 2. The Morgan fingerprint density at radius 2 is 1.71 bits per heavy atom. The first-order valence-electron chi connectivity index (χ1n) is 11.8. The third-order valence-corrected chi connectivity index (χ3v) is 7.00. The molecule has 0 aliphatic carbocycles. The summed E-state index contributed by atoms with van der Waals surface area (Å²) in [4.78, 5) is 27.3. The van der Waals surface area contributed by atoms with Crippen molar-refractivity contribution in [1.29, 1.82) is 0 Å². The Hall–Kier alpha value is -4.12. The molecule has 0 bridgehead atoms. The molecule has 0 saturated carbocycles. The smallest absolute Gasteiger partial charge is 0.345 e. The number of fused-ring (bicyclic) bond motifs is 1. The Bertz CT molecular complexity index is 1470. The number of para-hydroxylation sites is 1. The van der Waals surface area contributed by atoms with Crippen LogP contribution in [-0.4, -0.2) is 38.9 Å². The number of aromatic nitrogens is 3. The number of anilines is 1. The SMILES string of the molecule is O=C(NCc1nnc(SCC(=O)N2CCc3ccccc32)n1-c1cccc(C(F)(F)F)c1)c1ccccc1. The zero-order valence-corrected chi connectivity index (χ0v) is 20.8. The number of nitrogens with zero attached hydrogens (tertiary/aromatic N) is 4. The van der Waals surface area contributed by atoms with Crippen LogP contribution in [0.5, 0.6) is 0 Å². The molecule has 1 aliphatic heterocycles. The van der Waals surface area contributed by atoms with Crippen molar-refractivity contribution in [2.45, 2.75) is 24.3 Å². The predicted octanol–water partition coefficient (Wildman–Crippen LogP) is 4.90. The number of halogens is 3. The van der Waals surface area contributed by atoms with Gasteiger partial charge in [0.25, 0.3) is 5.91 Å². The summed E-state index contributed by atoms with van der Waals surface area (Å²) in [7, 11) is 0. The maximum Gasteiger partial charge on any atom is 0.416 e. The van der Waals surface area contributed by atoms with Crippen molar-refractivity contribution in [3.63, 3.8) is 0 Å². The monoisotopic (exact) mass is 537 g/mol. The first-order chi connectivity index (χ1) is 18.3. The molecule has 0 atom stereocenters. The molecule has 0 fully saturated rings. The Kier molecular flexibility index (Phi) is 7.19. The van der Waals surface area contributed by atoms with E-state index < -0.39 is 11.7 Å². The van der Waals surface area contributed by atoms with Crippen molar-refractivity contribution in [3.8, 4) is 5.69 Å². The molecule has 1 aliphatic rings. The van der Waals surface area contributed by atoms with Crippen LogP contribution in [0.4, 0.5) is 18.9 Å². The highest BCUT2D eigenvalue weighted by Crippen LogP contribution is 2.32. The second kappa shape index (κ2) is 10.7. The number of amides is 2. The highest BCUT2D eigenvalue weighted by molar-refractivity contribution is 7.99. The highest BCUT2D eigenvalue weighted by atomic mass is 32.2. The average Bonchev–Trinajstić information content (AvgIpc) is 3.55. The van der Waals surface area contributed by atoms with Crippen LogP contribution in [0.1, 0.15) is 27.3 Å². The minimum atomic E-state index is -4.54. The molecule has 0 radical (unpaired) electrons. The van der Waals surface area contributed by atoms with Gasteiger partial charge < -0.3 is 10.2 Å². The normalized spacial score (nSPS) is 12.9. The maximum absolute atomic E-state index is 13.4. The van der Waals surface area contributed by atoms with Crippen LogP contribution in [0.2, 0.25) is 0 Å². The highest BCUT2D eigenvalue weighted by Gasteiger charge is 2.31. The van der Waals surface area contributed by atoms with Gasteiger partial charge in [-0.05, 0) is 48.4 Å². The summed E-state index contributed by atoms with van der Waals surface area (Å²) in [6.07, 6.45) is -3.78. The van der Waals surface area contributed by atoms with Gasteiger partial charge in [-0.25, -0.2) is 0 Å². The summed E-state index contributed by atoms with van der Waals surface area (Å²) in [6, 6.07) is 21.0. The average molecular weight is 538 g/mol. The number of hydrogen-bond acceptors (Lipinski definition) is 5. The van der Waals surface area contributed by atoms with Gasteiger partial charge in [0.05, 0.1) is 23.5 Å². The van der Waals surface area contributed by atoms with Crippen LogP contribution in [-0.2, 0) is 23.9 Å². The van der Waals surface area contributed by atoms with Gasteiger partial charge in [-0.3, -0.25) is 14.2 Å². The van der Waals surface area contributed by atoms with E-state index in [9.17, 15) is 22.8 Å². The number of alkyl halides is 3. The number of thioether (sulfide) groups is 1. The molecule has 7 nitrogen and oxygen atoms in total. The molecule has 1 N–H and O–H groups in total. The van der Waals surface area contributed by atoms with Crippen LogP contribution in [0.15, 0.2) is 84.0 Å². The van der Waals surface area contributed by atoms with Crippen molar-refractivity contribution < 1.29 is 22.8 Å². The zero-order valence-electron chi connectivity index (χ0n) is 20.0. The molecular formula is C27H22F3N5O2S. The number of benzene rings is 3. The summed E-state index contributed by atoms with van der Waals surface area (Å²) in [5.74, 6) is -0.254. The van der Waals surface area contributed by atoms with Crippen LogP contribution >= 0.6 is 11.8 Å². The van der Waals surface area contributed by atoms with Crippen molar-refractivity contribution in [2.24, 2.45) is 0 Å². The van der Waals surface area contributed by atoms with E-state index in [-0.39, 0.29) is 40.8 Å². The molecule has 0 saturated heterocycles. The largest absolute Gasteiger partial charge is 0.416 e. The van der Waals surface area contributed by atoms with Crippen LogP contribution in [0.3, 0.4) is 0 Å². The Morgan fingerprint density at radius 3 is 2.50 bits per heavy atom. The fraction of sp³-hybridized carbons (Fsp3) is 0.185. The lowest BCUT2D eigenvalue weighted by Crippen LogP contribution is -2.30. The van der Waals surface area contributed by atoms with Crippen molar-refractivity contribution >= 4 is 29.3 Å². The Balaban J connectivity index is 1.40. The summed E-state index contributed by atoms with van der Waals surface area (Å²) >= 11 is 1.08. The fourth-order valence-corrected chi connectivity index (χ4v) is 5.09. The molecule has 11 heteroatoms. The quantitative estimate of drug-likeness (QED) is 0.340. The minimum absolute atomic E-state index is 0.0157. The fourth-order valence-electron chi connectivity index (χ4n) is 4.24. The zero-order chi connectivity index (χ0) is 26.7. The molecular weight excluding hydrogens is 515 g/mol. The lowest BCUT2D eigenvalue weighted by molar-refractivity contribution is -0.137. The summed E-state index contributed by atoms with van der Waals surface area (Å²) < 4.78 is 41.8.